The zero-order chi connectivity index (χ0) is 12.8. The Bertz CT molecular complexity index is 470. The van der Waals surface area contributed by atoms with Gasteiger partial charge in [0.2, 0.25) is 0 Å². The molecule has 19 heavy (non-hydrogen) atoms. The Labute approximate surface area is 114 Å². The molecule has 3 aliphatic rings. The predicted molar refractivity (Wildman–Crippen MR) is 74.2 cm³/mol. The molecule has 2 heteroatoms. The smallest absolute Gasteiger partial charge is 0.128 e. The number of rotatable bonds is 2. The van der Waals surface area contributed by atoms with Crippen LogP contribution in [0.15, 0.2) is 18.2 Å². The molecule has 2 saturated carbocycles. The van der Waals surface area contributed by atoms with Gasteiger partial charge in [-0.1, -0.05) is 31.0 Å². The minimum Gasteiger partial charge on any atom is -0.493 e. The molecular weight excluding hydrogens is 236 g/mol. The molecule has 0 radical (unpaired) electrons. The maximum Gasteiger partial charge on any atom is 0.128 e. The minimum atomic E-state index is -0.304. The van der Waals surface area contributed by atoms with Crippen LogP contribution >= 0.6 is 0 Å². The van der Waals surface area contributed by atoms with Crippen LogP contribution in [-0.2, 0) is 6.42 Å². The lowest BCUT2D eigenvalue weighted by atomic mass is 9.96. The fraction of sp³-hybridized carbons (Fsp3) is 0.647. The molecule has 1 aromatic rings. The quantitative estimate of drug-likeness (QED) is 0.880. The van der Waals surface area contributed by atoms with Gasteiger partial charge in [0, 0.05) is 5.56 Å². The lowest BCUT2D eigenvalue weighted by molar-refractivity contribution is 0.135. The van der Waals surface area contributed by atoms with Crippen molar-refractivity contribution in [2.24, 2.45) is 17.8 Å². The van der Waals surface area contributed by atoms with E-state index in [9.17, 15) is 5.11 Å². The van der Waals surface area contributed by atoms with E-state index in [2.05, 4.69) is 18.2 Å². The Morgan fingerprint density at radius 3 is 2.68 bits per heavy atom. The molecule has 102 valence electrons. The van der Waals surface area contributed by atoms with Gasteiger partial charge in [0.25, 0.3) is 0 Å². The van der Waals surface area contributed by atoms with Gasteiger partial charge in [-0.05, 0) is 49.0 Å². The first kappa shape index (κ1) is 11.8. The normalized spacial score (nSPS) is 33.8. The third kappa shape index (κ3) is 1.88. The number of fused-ring (bicyclic) bond motifs is 2. The van der Waals surface area contributed by atoms with E-state index >= 15 is 0 Å². The van der Waals surface area contributed by atoms with Gasteiger partial charge in [0.05, 0.1) is 12.7 Å². The van der Waals surface area contributed by atoms with Crippen molar-refractivity contribution in [1.82, 2.24) is 0 Å². The van der Waals surface area contributed by atoms with Crippen molar-refractivity contribution in [3.05, 3.63) is 29.3 Å². The summed E-state index contributed by atoms with van der Waals surface area (Å²) in [5, 5.41) is 10.8. The Kier molecular flexibility index (Phi) is 2.80. The van der Waals surface area contributed by atoms with E-state index < -0.39 is 0 Å². The van der Waals surface area contributed by atoms with Crippen LogP contribution in [0.2, 0.25) is 0 Å². The van der Waals surface area contributed by atoms with Gasteiger partial charge in [0.1, 0.15) is 5.75 Å². The van der Waals surface area contributed by atoms with Crippen molar-refractivity contribution < 1.29 is 9.84 Å². The van der Waals surface area contributed by atoms with Crippen LogP contribution in [0.1, 0.15) is 49.3 Å². The van der Waals surface area contributed by atoms with Crippen molar-refractivity contribution in [2.45, 2.75) is 44.6 Å². The lowest BCUT2D eigenvalue weighted by Gasteiger charge is -2.23. The Morgan fingerprint density at radius 1 is 1.11 bits per heavy atom. The van der Waals surface area contributed by atoms with Crippen molar-refractivity contribution >= 4 is 0 Å². The average Bonchev–Trinajstić information content (AvgIpc) is 3.20. The SMILES string of the molecule is OC(c1cccc2c1OCCC2)C1C2CCCCC21. The lowest BCUT2D eigenvalue weighted by Crippen LogP contribution is -2.13. The second-order valence-electron chi connectivity index (χ2n) is 6.42. The third-order valence-corrected chi connectivity index (χ3v) is 5.37. The van der Waals surface area contributed by atoms with Crippen molar-refractivity contribution in [3.63, 3.8) is 0 Å². The molecule has 0 saturated heterocycles. The van der Waals surface area contributed by atoms with Gasteiger partial charge in [-0.25, -0.2) is 0 Å². The maximum atomic E-state index is 10.8. The molecule has 2 nitrogen and oxygen atoms in total. The average molecular weight is 258 g/mol. The van der Waals surface area contributed by atoms with Crippen LogP contribution in [0.3, 0.4) is 0 Å². The molecule has 1 N–H and O–H groups in total. The molecule has 1 aromatic carbocycles. The van der Waals surface area contributed by atoms with Crippen LogP contribution in [-0.4, -0.2) is 11.7 Å². The molecule has 0 bridgehead atoms. The standard InChI is InChI=1S/C17H22O2/c18-16(15-12-7-1-2-8-13(12)15)14-9-3-5-11-6-4-10-19-17(11)14/h3,5,9,12-13,15-16,18H,1-2,4,6-8,10H2. The van der Waals surface area contributed by atoms with Gasteiger partial charge < -0.3 is 9.84 Å². The molecule has 0 aromatic heterocycles. The molecular formula is C17H22O2. The largest absolute Gasteiger partial charge is 0.493 e. The monoisotopic (exact) mass is 258 g/mol. The van der Waals surface area contributed by atoms with E-state index in [1.54, 1.807) is 0 Å². The van der Waals surface area contributed by atoms with Crippen molar-refractivity contribution in [3.8, 4) is 5.75 Å². The van der Waals surface area contributed by atoms with Gasteiger partial charge >= 0.3 is 0 Å². The zero-order valence-electron chi connectivity index (χ0n) is 11.3. The summed E-state index contributed by atoms with van der Waals surface area (Å²) in [6.07, 6.45) is 7.24. The number of ether oxygens (including phenoxy) is 1. The molecule has 1 heterocycles. The summed E-state index contributed by atoms with van der Waals surface area (Å²) >= 11 is 0. The highest BCUT2D eigenvalue weighted by atomic mass is 16.5. The summed E-state index contributed by atoms with van der Waals surface area (Å²) in [5.74, 6) is 3.05. The molecule has 3 unspecified atom stereocenters. The van der Waals surface area contributed by atoms with Crippen LogP contribution in [0.5, 0.6) is 5.75 Å². The number of aliphatic hydroxyl groups excluding tert-OH is 1. The van der Waals surface area contributed by atoms with E-state index in [1.807, 2.05) is 0 Å². The summed E-state index contributed by atoms with van der Waals surface area (Å²) in [7, 11) is 0. The number of para-hydroxylation sites is 1. The number of aliphatic hydroxyl groups is 1. The van der Waals surface area contributed by atoms with E-state index in [1.165, 1.54) is 31.2 Å². The highest BCUT2D eigenvalue weighted by Crippen LogP contribution is 2.61. The van der Waals surface area contributed by atoms with E-state index in [4.69, 9.17) is 4.74 Å². The molecule has 2 fully saturated rings. The van der Waals surface area contributed by atoms with E-state index in [-0.39, 0.29) is 6.10 Å². The highest BCUT2D eigenvalue weighted by molar-refractivity contribution is 5.44. The first-order valence-electron chi connectivity index (χ1n) is 7.79. The summed E-state index contributed by atoms with van der Waals surface area (Å²) < 4.78 is 5.85. The molecule has 3 atom stereocenters. The highest BCUT2D eigenvalue weighted by Gasteiger charge is 2.54. The Morgan fingerprint density at radius 2 is 1.89 bits per heavy atom. The summed E-state index contributed by atoms with van der Waals surface area (Å²) in [6.45, 7) is 0.800. The Hall–Kier alpha value is -1.02. The third-order valence-electron chi connectivity index (χ3n) is 5.37. The first-order valence-corrected chi connectivity index (χ1v) is 7.79. The zero-order valence-corrected chi connectivity index (χ0v) is 11.3. The number of aryl methyl sites for hydroxylation is 1. The van der Waals surface area contributed by atoms with Crippen molar-refractivity contribution in [1.29, 1.82) is 0 Å². The van der Waals surface area contributed by atoms with Gasteiger partial charge in [0.15, 0.2) is 0 Å². The number of benzene rings is 1. The van der Waals surface area contributed by atoms with Gasteiger partial charge in [-0.2, -0.15) is 0 Å². The summed E-state index contributed by atoms with van der Waals surface area (Å²) in [5.41, 5.74) is 2.34. The number of hydrogen-bond acceptors (Lipinski definition) is 2. The van der Waals surface area contributed by atoms with Crippen LogP contribution < -0.4 is 4.74 Å². The van der Waals surface area contributed by atoms with E-state index in [0.29, 0.717) is 5.92 Å². The van der Waals surface area contributed by atoms with Crippen LogP contribution in [0, 0.1) is 17.8 Å². The molecule has 1 aliphatic heterocycles. The Balaban J connectivity index is 1.62. The maximum absolute atomic E-state index is 10.8. The van der Waals surface area contributed by atoms with Crippen molar-refractivity contribution in [2.75, 3.05) is 6.61 Å². The summed E-state index contributed by atoms with van der Waals surface area (Å²) in [6, 6.07) is 6.29. The fourth-order valence-electron chi connectivity index (χ4n) is 4.37. The van der Waals surface area contributed by atoms with Gasteiger partial charge in [-0.3, -0.25) is 0 Å². The van der Waals surface area contributed by atoms with Crippen LogP contribution in [0.25, 0.3) is 0 Å². The predicted octanol–water partition coefficient (Wildman–Crippen LogP) is 3.48. The fourth-order valence-corrected chi connectivity index (χ4v) is 4.37. The van der Waals surface area contributed by atoms with E-state index in [0.717, 1.165) is 42.6 Å². The second-order valence-corrected chi connectivity index (χ2v) is 6.42. The van der Waals surface area contributed by atoms with Crippen LogP contribution in [0.4, 0.5) is 0 Å². The minimum absolute atomic E-state index is 0.304. The molecule has 0 spiro atoms. The number of hydrogen-bond donors (Lipinski definition) is 1. The molecule has 0 amide bonds. The first-order chi connectivity index (χ1) is 9.36. The molecule has 2 aliphatic carbocycles. The molecule has 4 rings (SSSR count). The summed E-state index contributed by atoms with van der Waals surface area (Å²) in [4.78, 5) is 0. The second kappa shape index (κ2) is 4.52. The topological polar surface area (TPSA) is 29.5 Å². The van der Waals surface area contributed by atoms with Gasteiger partial charge in [-0.15, -0.1) is 0 Å².